The minimum absolute atomic E-state index is 0.0808. The summed E-state index contributed by atoms with van der Waals surface area (Å²) >= 11 is 0. The predicted octanol–water partition coefficient (Wildman–Crippen LogP) is 5.19. The number of non-ortho nitro benzene ring substituents is 1. The molecule has 0 aliphatic heterocycles. The minimum atomic E-state index is -0.528. The second kappa shape index (κ2) is 13.2. The van der Waals surface area contributed by atoms with E-state index in [9.17, 15) is 19.7 Å². The lowest BCUT2D eigenvalue weighted by Gasteiger charge is -2.18. The monoisotopic (exact) mass is 426 g/mol. The number of hydrogen-bond acceptors (Lipinski definition) is 5. The van der Waals surface area contributed by atoms with Gasteiger partial charge in [-0.05, 0) is 37.0 Å². The number of nitro groups is 1. The summed E-state index contributed by atoms with van der Waals surface area (Å²) in [6, 6.07) is 15.0. The molecule has 0 aliphatic carbocycles. The van der Waals surface area contributed by atoms with Gasteiger partial charge in [0.25, 0.3) is 5.69 Å². The first-order chi connectivity index (χ1) is 15.0. The molecule has 1 atom stereocenters. The summed E-state index contributed by atoms with van der Waals surface area (Å²) in [4.78, 5) is 35.0. The average molecular weight is 427 g/mol. The van der Waals surface area contributed by atoms with Gasteiger partial charge in [-0.1, -0.05) is 56.5 Å². The lowest BCUT2D eigenvalue weighted by Crippen LogP contribution is -2.25. The van der Waals surface area contributed by atoms with Crippen LogP contribution < -0.4 is 5.32 Å². The van der Waals surface area contributed by atoms with Crippen LogP contribution in [0, 0.1) is 10.1 Å². The van der Waals surface area contributed by atoms with Crippen molar-refractivity contribution < 1.29 is 19.2 Å². The molecule has 0 aliphatic rings. The number of carbonyl (C=O) groups is 2. The van der Waals surface area contributed by atoms with Crippen molar-refractivity contribution in [1.29, 1.82) is 0 Å². The number of carbonyl (C=O) groups excluding carboxylic acids is 2. The molecule has 0 bridgehead atoms. The molecule has 2 rings (SSSR count). The normalized spacial score (nSPS) is 11.5. The van der Waals surface area contributed by atoms with Gasteiger partial charge in [0.05, 0.1) is 10.5 Å². The van der Waals surface area contributed by atoms with Crippen LogP contribution in [0.15, 0.2) is 54.6 Å². The van der Waals surface area contributed by atoms with E-state index in [1.807, 2.05) is 30.3 Å². The van der Waals surface area contributed by atoms with Gasteiger partial charge in [0.1, 0.15) is 6.10 Å². The molecule has 2 aromatic rings. The lowest BCUT2D eigenvalue weighted by molar-refractivity contribution is -0.384. The van der Waals surface area contributed by atoms with E-state index < -0.39 is 10.9 Å². The number of amides is 1. The number of nitro benzene ring substituents is 1. The van der Waals surface area contributed by atoms with Crippen molar-refractivity contribution in [2.24, 2.45) is 0 Å². The Hall–Kier alpha value is -3.22. The van der Waals surface area contributed by atoms with E-state index in [0.717, 1.165) is 31.2 Å². The molecule has 0 spiro atoms. The van der Waals surface area contributed by atoms with E-state index in [1.165, 1.54) is 24.3 Å². The largest absolute Gasteiger partial charge is 0.459 e. The molecule has 7 nitrogen and oxygen atoms in total. The zero-order valence-corrected chi connectivity index (χ0v) is 17.9. The van der Waals surface area contributed by atoms with Crippen LogP contribution in [0.5, 0.6) is 0 Å². The van der Waals surface area contributed by atoms with Crippen molar-refractivity contribution in [1.82, 2.24) is 5.32 Å². The topological polar surface area (TPSA) is 98.5 Å². The molecule has 166 valence electrons. The second-order valence-electron chi connectivity index (χ2n) is 7.48. The van der Waals surface area contributed by atoms with E-state index in [0.29, 0.717) is 19.4 Å². The highest BCUT2D eigenvalue weighted by atomic mass is 16.6. The molecular weight excluding hydrogens is 396 g/mol. The summed E-state index contributed by atoms with van der Waals surface area (Å²) in [5, 5.41) is 13.7. The Morgan fingerprint density at radius 1 is 1.00 bits per heavy atom. The third kappa shape index (κ3) is 8.99. The Morgan fingerprint density at radius 3 is 2.35 bits per heavy atom. The van der Waals surface area contributed by atoms with Crippen molar-refractivity contribution in [3.63, 3.8) is 0 Å². The van der Waals surface area contributed by atoms with Crippen LogP contribution in [0.2, 0.25) is 0 Å². The van der Waals surface area contributed by atoms with Crippen LogP contribution in [0.1, 0.15) is 67.8 Å². The molecule has 0 aromatic heterocycles. The Balaban J connectivity index is 1.88. The highest BCUT2D eigenvalue weighted by Gasteiger charge is 2.18. The van der Waals surface area contributed by atoms with Gasteiger partial charge in [0, 0.05) is 25.1 Å². The zero-order chi connectivity index (χ0) is 22.5. The first kappa shape index (κ1) is 24.1. The lowest BCUT2D eigenvalue weighted by atomic mass is 10.0. The maximum absolute atomic E-state index is 12.5. The van der Waals surface area contributed by atoms with Gasteiger partial charge in [-0.25, -0.2) is 4.79 Å². The number of benzene rings is 2. The number of ether oxygens (including phenoxy) is 1. The highest BCUT2D eigenvalue weighted by molar-refractivity contribution is 5.89. The van der Waals surface area contributed by atoms with Crippen molar-refractivity contribution in [3.05, 3.63) is 75.8 Å². The molecular formula is C24H30N2O5. The fourth-order valence-corrected chi connectivity index (χ4v) is 3.18. The van der Waals surface area contributed by atoms with Crippen molar-refractivity contribution in [3.8, 4) is 0 Å². The van der Waals surface area contributed by atoms with E-state index in [4.69, 9.17) is 4.74 Å². The van der Waals surface area contributed by atoms with Crippen LogP contribution in [0.4, 0.5) is 5.69 Å². The number of rotatable bonds is 13. The van der Waals surface area contributed by atoms with Gasteiger partial charge in [-0.2, -0.15) is 0 Å². The second-order valence-corrected chi connectivity index (χ2v) is 7.48. The SMILES string of the molecule is CCCCCC[C@@H](CCC(=O)NCc1ccccc1)OC(=O)c1ccc([N+](=O)[O-])cc1. The molecule has 2 aromatic carbocycles. The minimum Gasteiger partial charge on any atom is -0.459 e. The summed E-state index contributed by atoms with van der Waals surface area (Å²) in [6.45, 7) is 2.59. The Morgan fingerprint density at radius 2 is 1.71 bits per heavy atom. The van der Waals surface area contributed by atoms with Crippen molar-refractivity contribution in [2.75, 3.05) is 0 Å². The number of unbranched alkanes of at least 4 members (excludes halogenated alkanes) is 3. The molecule has 0 heterocycles. The summed E-state index contributed by atoms with van der Waals surface area (Å²) in [6.07, 6.45) is 5.19. The molecule has 7 heteroatoms. The number of hydrogen-bond donors (Lipinski definition) is 1. The average Bonchev–Trinajstić information content (AvgIpc) is 2.79. The van der Waals surface area contributed by atoms with Gasteiger partial charge in [-0.15, -0.1) is 0 Å². The first-order valence-electron chi connectivity index (χ1n) is 10.8. The van der Waals surface area contributed by atoms with E-state index in [1.54, 1.807) is 0 Å². The smallest absolute Gasteiger partial charge is 0.338 e. The fourth-order valence-electron chi connectivity index (χ4n) is 3.18. The molecule has 1 N–H and O–H groups in total. The molecule has 0 saturated heterocycles. The summed E-state index contributed by atoms with van der Waals surface area (Å²) in [7, 11) is 0. The molecule has 1 amide bonds. The fraction of sp³-hybridized carbons (Fsp3) is 0.417. The number of nitrogens with zero attached hydrogens (tertiary/aromatic N) is 1. The third-order valence-corrected chi connectivity index (χ3v) is 4.99. The van der Waals surface area contributed by atoms with Crippen LogP contribution in [0.3, 0.4) is 0 Å². The Bertz CT molecular complexity index is 837. The number of nitrogens with one attached hydrogen (secondary N) is 1. The summed E-state index contributed by atoms with van der Waals surface area (Å²) < 4.78 is 5.64. The molecule has 0 unspecified atom stereocenters. The first-order valence-corrected chi connectivity index (χ1v) is 10.8. The molecule has 0 saturated carbocycles. The van der Waals surface area contributed by atoms with E-state index in [-0.39, 0.29) is 29.7 Å². The van der Waals surface area contributed by atoms with Crippen LogP contribution >= 0.6 is 0 Å². The highest BCUT2D eigenvalue weighted by Crippen LogP contribution is 2.17. The maximum atomic E-state index is 12.5. The van der Waals surface area contributed by atoms with Gasteiger partial charge >= 0.3 is 5.97 Å². The zero-order valence-electron chi connectivity index (χ0n) is 17.9. The van der Waals surface area contributed by atoms with E-state index in [2.05, 4.69) is 12.2 Å². The van der Waals surface area contributed by atoms with Crippen molar-refractivity contribution in [2.45, 2.75) is 64.5 Å². The maximum Gasteiger partial charge on any atom is 0.338 e. The van der Waals surface area contributed by atoms with Gasteiger partial charge in [-0.3, -0.25) is 14.9 Å². The van der Waals surface area contributed by atoms with Gasteiger partial charge in [0.2, 0.25) is 5.91 Å². The molecule has 31 heavy (non-hydrogen) atoms. The number of esters is 1. The standard InChI is InChI=1S/C24H30N2O5/c1-2-3-4-8-11-22(16-17-23(27)25-18-19-9-6-5-7-10-19)31-24(28)20-12-14-21(15-13-20)26(29)30/h5-7,9-10,12-15,22H,2-4,8,11,16-18H2,1H3,(H,25,27)/t22-/m0/s1. The van der Waals surface area contributed by atoms with Crippen LogP contribution in [-0.2, 0) is 16.1 Å². The summed E-state index contributed by atoms with van der Waals surface area (Å²) in [5.74, 6) is -0.617. The van der Waals surface area contributed by atoms with Crippen LogP contribution in [0.25, 0.3) is 0 Å². The Labute approximate surface area is 183 Å². The van der Waals surface area contributed by atoms with Gasteiger partial charge < -0.3 is 10.1 Å². The van der Waals surface area contributed by atoms with Gasteiger partial charge in [0.15, 0.2) is 0 Å². The third-order valence-electron chi connectivity index (χ3n) is 4.99. The molecule has 0 radical (unpaired) electrons. The predicted molar refractivity (Wildman–Crippen MR) is 119 cm³/mol. The van der Waals surface area contributed by atoms with Crippen LogP contribution in [-0.4, -0.2) is 22.9 Å². The van der Waals surface area contributed by atoms with Crippen molar-refractivity contribution >= 4 is 17.6 Å². The summed E-state index contributed by atoms with van der Waals surface area (Å²) in [5.41, 5.74) is 1.21. The van der Waals surface area contributed by atoms with E-state index >= 15 is 0 Å². The quantitative estimate of drug-likeness (QED) is 0.206. The molecule has 0 fully saturated rings. The Kier molecular flexibility index (Phi) is 10.2.